The highest BCUT2D eigenvalue weighted by atomic mass is 32.1. The van der Waals surface area contributed by atoms with Crippen molar-refractivity contribution in [2.75, 3.05) is 18.1 Å². The Bertz CT molecular complexity index is 519. The predicted octanol–water partition coefficient (Wildman–Crippen LogP) is 2.30. The Morgan fingerprint density at radius 1 is 1.45 bits per heavy atom. The second-order valence-corrected chi connectivity index (χ2v) is 5.20. The van der Waals surface area contributed by atoms with E-state index in [4.69, 9.17) is 18.0 Å². The fourth-order valence-corrected chi connectivity index (χ4v) is 2.70. The summed E-state index contributed by atoms with van der Waals surface area (Å²) < 4.78 is 38.7. The van der Waals surface area contributed by atoms with Gasteiger partial charge in [0.15, 0.2) is 0 Å². The number of nitrogens with two attached hydrogens (primary N) is 1. The van der Waals surface area contributed by atoms with Crippen LogP contribution in [-0.2, 0) is 6.18 Å². The molecule has 0 aliphatic carbocycles. The third-order valence-electron chi connectivity index (χ3n) is 3.49. The Labute approximate surface area is 120 Å². The minimum absolute atomic E-state index is 0.0244. The van der Waals surface area contributed by atoms with Gasteiger partial charge in [-0.15, -0.1) is 0 Å². The van der Waals surface area contributed by atoms with Crippen LogP contribution in [0.25, 0.3) is 0 Å². The minimum atomic E-state index is -4.49. The van der Waals surface area contributed by atoms with Crippen LogP contribution in [0.4, 0.5) is 18.9 Å². The van der Waals surface area contributed by atoms with Crippen LogP contribution in [0.15, 0.2) is 18.2 Å². The lowest BCUT2D eigenvalue weighted by Gasteiger charge is -2.26. The second-order valence-electron chi connectivity index (χ2n) is 4.76. The molecule has 0 aromatic heterocycles. The number of alkyl halides is 3. The van der Waals surface area contributed by atoms with Crippen molar-refractivity contribution in [1.82, 2.24) is 0 Å². The molecule has 0 bridgehead atoms. The van der Waals surface area contributed by atoms with E-state index in [-0.39, 0.29) is 23.2 Å². The summed E-state index contributed by atoms with van der Waals surface area (Å²) in [4.78, 5) is 1.61. The molecular formula is C13H15F3N2OS. The van der Waals surface area contributed by atoms with E-state index in [9.17, 15) is 18.3 Å². The zero-order valence-electron chi connectivity index (χ0n) is 10.7. The molecule has 7 heteroatoms. The van der Waals surface area contributed by atoms with Crippen LogP contribution < -0.4 is 10.6 Å². The average Bonchev–Trinajstić information content (AvgIpc) is 2.85. The maximum Gasteiger partial charge on any atom is 0.417 e. The van der Waals surface area contributed by atoms with E-state index in [0.717, 1.165) is 18.9 Å². The smallest absolute Gasteiger partial charge is 0.394 e. The van der Waals surface area contributed by atoms with Gasteiger partial charge in [-0.2, -0.15) is 13.2 Å². The Hall–Kier alpha value is -1.34. The second kappa shape index (κ2) is 5.57. The average molecular weight is 304 g/mol. The lowest BCUT2D eigenvalue weighted by atomic mass is 10.0. The topological polar surface area (TPSA) is 49.5 Å². The van der Waals surface area contributed by atoms with Crippen molar-refractivity contribution in [2.24, 2.45) is 5.73 Å². The zero-order valence-corrected chi connectivity index (χ0v) is 11.5. The molecule has 1 aliphatic rings. The van der Waals surface area contributed by atoms with Crippen molar-refractivity contribution in [3.05, 3.63) is 29.3 Å². The molecule has 20 heavy (non-hydrogen) atoms. The van der Waals surface area contributed by atoms with Crippen molar-refractivity contribution in [2.45, 2.75) is 25.1 Å². The van der Waals surface area contributed by atoms with Gasteiger partial charge in [0.2, 0.25) is 0 Å². The van der Waals surface area contributed by atoms with Crippen LogP contribution in [0.5, 0.6) is 0 Å². The zero-order chi connectivity index (χ0) is 14.9. The van der Waals surface area contributed by atoms with Crippen molar-refractivity contribution in [1.29, 1.82) is 0 Å². The number of halogens is 3. The van der Waals surface area contributed by atoms with E-state index in [1.54, 1.807) is 0 Å². The maximum absolute atomic E-state index is 12.9. The summed E-state index contributed by atoms with van der Waals surface area (Å²) in [5.74, 6) is 0. The molecule has 0 amide bonds. The van der Waals surface area contributed by atoms with E-state index in [1.807, 2.05) is 4.90 Å². The number of thiocarbonyl (C=S) groups is 1. The van der Waals surface area contributed by atoms with Gasteiger partial charge < -0.3 is 15.7 Å². The Kier molecular flexibility index (Phi) is 4.19. The normalized spacial score (nSPS) is 19.4. The number of hydrogen-bond donors (Lipinski definition) is 2. The molecule has 1 aromatic rings. The summed E-state index contributed by atoms with van der Waals surface area (Å²) in [6.45, 7) is 0.677. The van der Waals surface area contributed by atoms with Crippen molar-refractivity contribution in [3.63, 3.8) is 0 Å². The fourth-order valence-electron chi connectivity index (χ4n) is 2.53. The Balaban J connectivity index is 2.43. The van der Waals surface area contributed by atoms with Gasteiger partial charge in [-0.3, -0.25) is 0 Å². The van der Waals surface area contributed by atoms with Crippen molar-refractivity contribution >= 4 is 22.9 Å². The van der Waals surface area contributed by atoms with E-state index >= 15 is 0 Å². The molecule has 3 N–H and O–H groups in total. The van der Waals surface area contributed by atoms with Crippen LogP contribution in [0, 0.1) is 0 Å². The maximum atomic E-state index is 12.9. The third-order valence-corrected chi connectivity index (χ3v) is 3.71. The minimum Gasteiger partial charge on any atom is -0.394 e. The number of benzene rings is 1. The number of aliphatic hydroxyl groups is 1. The molecule has 1 heterocycles. The number of hydrogen-bond acceptors (Lipinski definition) is 3. The summed E-state index contributed by atoms with van der Waals surface area (Å²) in [6, 6.07) is 3.69. The number of rotatable bonds is 3. The van der Waals surface area contributed by atoms with Gasteiger partial charge in [-0.1, -0.05) is 12.2 Å². The molecule has 2 rings (SSSR count). The fraction of sp³-hybridized carbons (Fsp3) is 0.462. The highest BCUT2D eigenvalue weighted by Crippen LogP contribution is 2.35. The van der Waals surface area contributed by atoms with Gasteiger partial charge in [0.25, 0.3) is 0 Å². The largest absolute Gasteiger partial charge is 0.417 e. The Morgan fingerprint density at radius 2 is 2.15 bits per heavy atom. The first-order valence-electron chi connectivity index (χ1n) is 6.23. The van der Waals surface area contributed by atoms with Crippen LogP contribution in [0.3, 0.4) is 0 Å². The van der Waals surface area contributed by atoms with Crippen molar-refractivity contribution < 1.29 is 18.3 Å². The van der Waals surface area contributed by atoms with Crippen molar-refractivity contribution in [3.8, 4) is 0 Å². The molecule has 1 aliphatic heterocycles. The quantitative estimate of drug-likeness (QED) is 0.841. The standard InChI is InChI=1S/C13H15F3N2OS/c14-13(15,16)11-4-3-8(6-10(11)12(17)20)18-5-1-2-9(18)7-19/h3-4,6,9,19H,1-2,5,7H2,(H2,17,20). The monoisotopic (exact) mass is 304 g/mol. The third kappa shape index (κ3) is 2.88. The highest BCUT2D eigenvalue weighted by Gasteiger charge is 2.35. The van der Waals surface area contributed by atoms with E-state index in [1.165, 1.54) is 12.1 Å². The first-order valence-corrected chi connectivity index (χ1v) is 6.64. The van der Waals surface area contributed by atoms with E-state index in [2.05, 4.69) is 0 Å². The Morgan fingerprint density at radius 3 is 2.70 bits per heavy atom. The van der Waals surface area contributed by atoms with Crippen LogP contribution in [-0.4, -0.2) is 29.3 Å². The van der Waals surface area contributed by atoms with E-state index < -0.39 is 11.7 Å². The van der Waals surface area contributed by atoms with Gasteiger partial charge in [-0.05, 0) is 31.0 Å². The molecule has 0 radical (unpaired) electrons. The summed E-state index contributed by atoms with van der Waals surface area (Å²) in [7, 11) is 0. The van der Waals surface area contributed by atoms with Crippen LogP contribution in [0.1, 0.15) is 24.0 Å². The molecule has 1 fully saturated rings. The molecular weight excluding hydrogens is 289 g/mol. The first-order chi connectivity index (χ1) is 9.34. The molecule has 1 unspecified atom stereocenters. The summed E-state index contributed by atoms with van der Waals surface area (Å²) in [5, 5.41) is 9.29. The highest BCUT2D eigenvalue weighted by molar-refractivity contribution is 7.80. The molecule has 3 nitrogen and oxygen atoms in total. The van der Waals surface area contributed by atoms with Gasteiger partial charge in [0.05, 0.1) is 18.2 Å². The molecule has 110 valence electrons. The summed E-state index contributed by atoms with van der Waals surface area (Å²) in [6.07, 6.45) is -2.77. The molecule has 1 aromatic carbocycles. The molecule has 1 saturated heterocycles. The van der Waals surface area contributed by atoms with Gasteiger partial charge >= 0.3 is 6.18 Å². The number of aliphatic hydroxyl groups excluding tert-OH is 1. The molecule has 1 atom stereocenters. The lowest BCUT2D eigenvalue weighted by Crippen LogP contribution is -2.32. The molecule has 0 spiro atoms. The molecule has 0 saturated carbocycles. The van der Waals surface area contributed by atoms with Gasteiger partial charge in [-0.25, -0.2) is 0 Å². The number of anilines is 1. The lowest BCUT2D eigenvalue weighted by molar-refractivity contribution is -0.137. The first kappa shape index (κ1) is 15.1. The SMILES string of the molecule is NC(=S)c1cc(N2CCCC2CO)ccc1C(F)(F)F. The summed E-state index contributed by atoms with van der Waals surface area (Å²) >= 11 is 4.72. The number of nitrogens with zero attached hydrogens (tertiary/aromatic N) is 1. The predicted molar refractivity (Wildman–Crippen MR) is 74.8 cm³/mol. The van der Waals surface area contributed by atoms with Gasteiger partial charge in [0, 0.05) is 17.8 Å². The van der Waals surface area contributed by atoms with E-state index in [0.29, 0.717) is 12.2 Å². The summed E-state index contributed by atoms with van der Waals surface area (Å²) in [5.41, 5.74) is 5.02. The van der Waals surface area contributed by atoms with Crippen LogP contribution in [0.2, 0.25) is 0 Å². The van der Waals surface area contributed by atoms with Crippen LogP contribution >= 0.6 is 12.2 Å². The van der Waals surface area contributed by atoms with Gasteiger partial charge in [0.1, 0.15) is 4.99 Å².